The number of fused-ring (bicyclic) bond motifs is 1. The molecule has 0 heterocycles. The molecule has 0 radical (unpaired) electrons. The average molecular weight is 679 g/mol. The number of nitrogens with zero attached hydrogens (tertiary/aromatic N) is 2. The molecule has 0 atom stereocenters. The monoisotopic (exact) mass is 678 g/mol. The van der Waals surface area contributed by atoms with Crippen LogP contribution < -0.4 is 9.80 Å². The molecule has 246 valence electrons. The minimum Gasteiger partial charge on any atom is -0.310 e. The Bertz CT molecular complexity index is 2340. The number of sulfone groups is 1. The van der Waals surface area contributed by atoms with Gasteiger partial charge in [0.1, 0.15) is 0 Å². The van der Waals surface area contributed by atoms with Crippen molar-refractivity contribution in [2.45, 2.75) is 9.79 Å². The van der Waals surface area contributed by atoms with E-state index in [4.69, 9.17) is 0 Å². The highest BCUT2D eigenvalue weighted by Gasteiger charge is 2.24. The summed E-state index contributed by atoms with van der Waals surface area (Å²) in [5.74, 6) is 0. The fourth-order valence-corrected chi connectivity index (χ4v) is 8.23. The molecule has 0 aromatic heterocycles. The van der Waals surface area contributed by atoms with Gasteiger partial charge in [-0.25, -0.2) is 8.42 Å². The number of rotatable bonds is 9. The van der Waals surface area contributed by atoms with Crippen molar-refractivity contribution in [3.8, 4) is 11.1 Å². The maximum Gasteiger partial charge on any atom is 0.207 e. The predicted molar refractivity (Wildman–Crippen MR) is 211 cm³/mol. The van der Waals surface area contributed by atoms with E-state index in [0.29, 0.717) is 5.39 Å². The Morgan fingerprint density at radius 3 is 1.18 bits per heavy atom. The SMILES string of the molecule is O=S(=O)(c1ccccc1)c1cccc2cccc(-c3cc(N(c4ccccc4)c4ccccc4)cc(N(c4ccccc4)c4ccccc4)c3)c12. The molecule has 0 aliphatic heterocycles. The van der Waals surface area contributed by atoms with E-state index >= 15 is 0 Å². The lowest BCUT2D eigenvalue weighted by atomic mass is 9.96. The minimum atomic E-state index is -3.84. The number of benzene rings is 8. The Labute approximate surface area is 299 Å². The van der Waals surface area contributed by atoms with Crippen LogP contribution in [0.3, 0.4) is 0 Å². The van der Waals surface area contributed by atoms with E-state index in [1.807, 2.05) is 109 Å². The van der Waals surface area contributed by atoms with Crippen molar-refractivity contribution in [1.82, 2.24) is 0 Å². The maximum absolute atomic E-state index is 14.3. The molecule has 0 aliphatic rings. The van der Waals surface area contributed by atoms with Crippen LogP contribution in [0.4, 0.5) is 34.1 Å². The fraction of sp³-hybridized carbons (Fsp3) is 0. The van der Waals surface area contributed by atoms with Gasteiger partial charge in [0, 0.05) is 39.5 Å². The number of hydrogen-bond donors (Lipinski definition) is 0. The maximum atomic E-state index is 14.3. The summed E-state index contributed by atoms with van der Waals surface area (Å²) in [6, 6.07) is 68.0. The summed E-state index contributed by atoms with van der Waals surface area (Å²) in [7, 11) is -3.84. The quantitative estimate of drug-likeness (QED) is 0.152. The zero-order valence-corrected chi connectivity index (χ0v) is 28.6. The first kappa shape index (κ1) is 31.8. The van der Waals surface area contributed by atoms with Gasteiger partial charge < -0.3 is 9.80 Å². The number of para-hydroxylation sites is 4. The Morgan fingerprint density at radius 2 is 0.745 bits per heavy atom. The Balaban J connectivity index is 1.44. The highest BCUT2D eigenvalue weighted by Crippen LogP contribution is 2.45. The topological polar surface area (TPSA) is 40.6 Å². The number of anilines is 6. The molecule has 4 nitrogen and oxygen atoms in total. The van der Waals surface area contributed by atoms with Crippen LogP contribution in [0.15, 0.2) is 216 Å². The lowest BCUT2D eigenvalue weighted by Crippen LogP contribution is -2.13. The van der Waals surface area contributed by atoms with Crippen LogP contribution in [0, 0.1) is 0 Å². The van der Waals surface area contributed by atoms with E-state index in [0.717, 1.165) is 50.6 Å². The van der Waals surface area contributed by atoms with Crippen molar-refractivity contribution < 1.29 is 8.42 Å². The van der Waals surface area contributed by atoms with Gasteiger partial charge in [-0.2, -0.15) is 0 Å². The Morgan fingerprint density at radius 1 is 0.353 bits per heavy atom. The average Bonchev–Trinajstić information content (AvgIpc) is 3.19. The van der Waals surface area contributed by atoms with Gasteiger partial charge in [-0.05, 0) is 101 Å². The van der Waals surface area contributed by atoms with Crippen molar-refractivity contribution in [2.75, 3.05) is 9.80 Å². The molecule has 0 aliphatic carbocycles. The van der Waals surface area contributed by atoms with Gasteiger partial charge in [0.2, 0.25) is 9.84 Å². The standard InChI is InChI=1S/C46H34N2O2S/c49-51(50,43-28-14-5-15-29-43)45-31-17-19-35-18-16-30-44(46(35)45)36-32-41(47(37-20-6-1-7-21-37)38-22-8-2-9-23-38)34-42(33-36)48(39-24-10-3-11-25-39)40-26-12-4-13-27-40/h1-34H. The molecule has 0 spiro atoms. The molecule has 0 saturated heterocycles. The summed E-state index contributed by atoms with van der Waals surface area (Å²) in [6.45, 7) is 0. The second-order valence-corrected chi connectivity index (χ2v) is 14.1. The van der Waals surface area contributed by atoms with Crippen molar-refractivity contribution in [1.29, 1.82) is 0 Å². The fourth-order valence-electron chi connectivity index (χ4n) is 6.71. The van der Waals surface area contributed by atoms with Crippen LogP contribution in [0.5, 0.6) is 0 Å². The Kier molecular flexibility index (Phi) is 8.62. The zero-order valence-electron chi connectivity index (χ0n) is 27.7. The van der Waals surface area contributed by atoms with Crippen LogP contribution in [0.1, 0.15) is 0 Å². The van der Waals surface area contributed by atoms with Gasteiger partial charge in [0.15, 0.2) is 0 Å². The lowest BCUT2D eigenvalue weighted by molar-refractivity contribution is 0.597. The molecule has 8 aromatic carbocycles. The van der Waals surface area contributed by atoms with E-state index in [1.54, 1.807) is 30.3 Å². The van der Waals surface area contributed by atoms with Gasteiger partial charge >= 0.3 is 0 Å². The predicted octanol–water partition coefficient (Wildman–Crippen LogP) is 12.3. The van der Waals surface area contributed by atoms with Crippen molar-refractivity contribution in [3.05, 3.63) is 206 Å². The molecule has 8 aromatic rings. The first-order valence-corrected chi connectivity index (χ1v) is 18.3. The highest BCUT2D eigenvalue weighted by atomic mass is 32.2. The second-order valence-electron chi connectivity index (χ2n) is 12.2. The van der Waals surface area contributed by atoms with Gasteiger partial charge in [-0.3, -0.25) is 0 Å². The van der Waals surface area contributed by atoms with Crippen molar-refractivity contribution in [3.63, 3.8) is 0 Å². The third kappa shape index (κ3) is 6.27. The molecular formula is C46H34N2O2S. The van der Waals surface area contributed by atoms with E-state index in [9.17, 15) is 8.42 Å². The van der Waals surface area contributed by atoms with Gasteiger partial charge in [-0.1, -0.05) is 121 Å². The largest absolute Gasteiger partial charge is 0.310 e. The summed E-state index contributed by atoms with van der Waals surface area (Å²) < 4.78 is 28.6. The highest BCUT2D eigenvalue weighted by molar-refractivity contribution is 7.91. The van der Waals surface area contributed by atoms with Crippen molar-refractivity contribution in [2.24, 2.45) is 0 Å². The van der Waals surface area contributed by atoms with Crippen LogP contribution in [0.25, 0.3) is 21.9 Å². The van der Waals surface area contributed by atoms with Gasteiger partial charge in [-0.15, -0.1) is 0 Å². The third-order valence-electron chi connectivity index (χ3n) is 9.00. The minimum absolute atomic E-state index is 0.264. The lowest BCUT2D eigenvalue weighted by Gasteiger charge is -2.30. The Hall–Kier alpha value is -6.43. The summed E-state index contributed by atoms with van der Waals surface area (Å²) in [5.41, 5.74) is 7.58. The van der Waals surface area contributed by atoms with Crippen LogP contribution in [-0.2, 0) is 9.84 Å². The summed E-state index contributed by atoms with van der Waals surface area (Å²) in [4.78, 5) is 5.03. The molecular weight excluding hydrogens is 645 g/mol. The third-order valence-corrected chi connectivity index (χ3v) is 10.8. The van der Waals surface area contributed by atoms with E-state index in [2.05, 4.69) is 76.5 Å². The molecule has 51 heavy (non-hydrogen) atoms. The first-order chi connectivity index (χ1) is 25.1. The molecule has 0 fully saturated rings. The van der Waals surface area contributed by atoms with Crippen molar-refractivity contribution >= 4 is 54.7 Å². The van der Waals surface area contributed by atoms with Gasteiger partial charge in [0.05, 0.1) is 9.79 Å². The summed E-state index contributed by atoms with van der Waals surface area (Å²) >= 11 is 0. The molecule has 0 bridgehead atoms. The van der Waals surface area contributed by atoms with E-state index in [-0.39, 0.29) is 9.79 Å². The molecule has 0 amide bonds. The normalized spacial score (nSPS) is 11.3. The van der Waals surface area contributed by atoms with Crippen LogP contribution >= 0.6 is 0 Å². The number of hydrogen-bond acceptors (Lipinski definition) is 4. The van der Waals surface area contributed by atoms with Crippen LogP contribution in [0.2, 0.25) is 0 Å². The second kappa shape index (κ2) is 13.8. The first-order valence-electron chi connectivity index (χ1n) is 16.9. The van der Waals surface area contributed by atoms with Crippen LogP contribution in [-0.4, -0.2) is 8.42 Å². The molecule has 0 saturated carbocycles. The molecule has 0 N–H and O–H groups in total. The zero-order chi connectivity index (χ0) is 34.6. The van der Waals surface area contributed by atoms with E-state index < -0.39 is 9.84 Å². The van der Waals surface area contributed by atoms with Gasteiger partial charge in [0.25, 0.3) is 0 Å². The van der Waals surface area contributed by atoms with E-state index in [1.165, 1.54) is 0 Å². The smallest absolute Gasteiger partial charge is 0.207 e. The summed E-state index contributed by atoms with van der Waals surface area (Å²) in [6.07, 6.45) is 0. The molecule has 5 heteroatoms. The molecule has 0 unspecified atom stereocenters. The summed E-state index contributed by atoms with van der Waals surface area (Å²) in [5, 5.41) is 1.53. The molecule has 8 rings (SSSR count).